The van der Waals surface area contributed by atoms with Gasteiger partial charge < -0.3 is 14.4 Å². The van der Waals surface area contributed by atoms with Crippen molar-refractivity contribution in [2.75, 3.05) is 39.4 Å². The first kappa shape index (κ1) is 17.0. The highest BCUT2D eigenvalue weighted by atomic mass is 16.7. The standard InChI is InChI=1S/C20H28N2O3/c23-19(21-10-4-5-11-21)18(16-7-2-1-3-8-16)22-12-6-9-17(15-22)20-24-13-14-25-20/h1-3,7-8,17-18,20H,4-6,9-15H2. The molecule has 3 saturated heterocycles. The Bertz CT molecular complexity index is 568. The molecule has 2 unspecified atom stereocenters. The summed E-state index contributed by atoms with van der Waals surface area (Å²) in [6.07, 6.45) is 4.35. The quantitative estimate of drug-likeness (QED) is 0.841. The van der Waals surface area contributed by atoms with Gasteiger partial charge in [-0.3, -0.25) is 9.69 Å². The SMILES string of the molecule is O=C(C(c1ccccc1)N1CCCC(C2OCCO2)C1)N1CCCC1. The van der Waals surface area contributed by atoms with E-state index in [0.29, 0.717) is 19.1 Å². The van der Waals surface area contributed by atoms with Crippen LogP contribution in [-0.4, -0.2) is 61.4 Å². The Morgan fingerprint density at radius 2 is 1.72 bits per heavy atom. The van der Waals surface area contributed by atoms with Crippen molar-refractivity contribution in [1.82, 2.24) is 9.80 Å². The molecule has 0 spiro atoms. The van der Waals surface area contributed by atoms with E-state index in [1.54, 1.807) is 0 Å². The Morgan fingerprint density at radius 3 is 2.44 bits per heavy atom. The maximum absolute atomic E-state index is 13.3. The zero-order chi connectivity index (χ0) is 17.1. The van der Waals surface area contributed by atoms with Crippen LogP contribution in [0.2, 0.25) is 0 Å². The van der Waals surface area contributed by atoms with Crippen LogP contribution in [0.15, 0.2) is 30.3 Å². The lowest BCUT2D eigenvalue weighted by Gasteiger charge is -2.40. The molecule has 3 fully saturated rings. The molecule has 3 aliphatic rings. The van der Waals surface area contributed by atoms with Gasteiger partial charge in [0.25, 0.3) is 0 Å². The fourth-order valence-electron chi connectivity index (χ4n) is 4.40. The third-order valence-electron chi connectivity index (χ3n) is 5.65. The number of carbonyl (C=O) groups excluding carboxylic acids is 1. The lowest BCUT2D eigenvalue weighted by Crippen LogP contribution is -2.48. The maximum atomic E-state index is 13.3. The largest absolute Gasteiger partial charge is 0.350 e. The zero-order valence-corrected chi connectivity index (χ0v) is 14.8. The van der Waals surface area contributed by atoms with Gasteiger partial charge in [0.1, 0.15) is 6.04 Å². The van der Waals surface area contributed by atoms with Crippen LogP contribution >= 0.6 is 0 Å². The Kier molecular flexibility index (Phi) is 5.34. The topological polar surface area (TPSA) is 42.0 Å². The summed E-state index contributed by atoms with van der Waals surface area (Å²) in [6, 6.07) is 10.1. The van der Waals surface area contributed by atoms with Crippen LogP contribution in [0.4, 0.5) is 0 Å². The molecular weight excluding hydrogens is 316 g/mol. The second-order valence-corrected chi connectivity index (χ2v) is 7.35. The number of amides is 1. The molecule has 136 valence electrons. The smallest absolute Gasteiger partial charge is 0.244 e. The first-order chi connectivity index (χ1) is 12.3. The molecule has 0 saturated carbocycles. The van der Waals surface area contributed by atoms with Crippen LogP contribution in [0.5, 0.6) is 0 Å². The Hall–Kier alpha value is -1.43. The van der Waals surface area contributed by atoms with Crippen LogP contribution in [0.25, 0.3) is 0 Å². The van der Waals surface area contributed by atoms with Gasteiger partial charge in [0.2, 0.25) is 5.91 Å². The summed E-state index contributed by atoms with van der Waals surface area (Å²) in [6.45, 7) is 5.00. The predicted molar refractivity (Wildman–Crippen MR) is 95.0 cm³/mol. The number of benzene rings is 1. The molecule has 1 aromatic carbocycles. The molecule has 0 bridgehead atoms. The average molecular weight is 344 g/mol. The summed E-state index contributed by atoms with van der Waals surface area (Å²) >= 11 is 0. The summed E-state index contributed by atoms with van der Waals surface area (Å²) in [5, 5.41) is 0. The van der Waals surface area contributed by atoms with Gasteiger partial charge in [0.15, 0.2) is 6.29 Å². The molecular formula is C20H28N2O3. The Labute approximate surface area is 149 Å². The highest BCUT2D eigenvalue weighted by molar-refractivity contribution is 5.83. The minimum absolute atomic E-state index is 0.0962. The number of nitrogens with zero attached hydrogens (tertiary/aromatic N) is 2. The van der Waals surface area contributed by atoms with Crippen molar-refractivity contribution in [3.8, 4) is 0 Å². The lowest BCUT2D eigenvalue weighted by atomic mass is 9.93. The molecule has 1 aromatic rings. The molecule has 5 nitrogen and oxygen atoms in total. The van der Waals surface area contributed by atoms with E-state index in [1.165, 1.54) is 0 Å². The maximum Gasteiger partial charge on any atom is 0.244 e. The Balaban J connectivity index is 1.55. The second-order valence-electron chi connectivity index (χ2n) is 7.35. The number of carbonyl (C=O) groups is 1. The summed E-state index contributed by atoms with van der Waals surface area (Å²) in [5.74, 6) is 0.617. The number of piperidine rings is 1. The van der Waals surface area contributed by atoms with Crippen molar-refractivity contribution in [3.63, 3.8) is 0 Å². The van der Waals surface area contributed by atoms with Gasteiger partial charge in [0.05, 0.1) is 13.2 Å². The fourth-order valence-corrected chi connectivity index (χ4v) is 4.40. The molecule has 1 amide bonds. The van der Waals surface area contributed by atoms with Gasteiger partial charge in [-0.15, -0.1) is 0 Å². The highest BCUT2D eigenvalue weighted by Crippen LogP contribution is 2.32. The number of hydrogen-bond donors (Lipinski definition) is 0. The van der Waals surface area contributed by atoms with Gasteiger partial charge in [-0.2, -0.15) is 0 Å². The zero-order valence-electron chi connectivity index (χ0n) is 14.8. The van der Waals surface area contributed by atoms with E-state index in [1.807, 2.05) is 23.1 Å². The van der Waals surface area contributed by atoms with E-state index < -0.39 is 0 Å². The van der Waals surface area contributed by atoms with E-state index in [9.17, 15) is 4.79 Å². The minimum atomic E-state index is -0.177. The van der Waals surface area contributed by atoms with Gasteiger partial charge in [-0.05, 0) is 37.8 Å². The minimum Gasteiger partial charge on any atom is -0.350 e. The highest BCUT2D eigenvalue weighted by Gasteiger charge is 2.38. The van der Waals surface area contributed by atoms with E-state index >= 15 is 0 Å². The van der Waals surface area contributed by atoms with Gasteiger partial charge in [-0.25, -0.2) is 0 Å². The van der Waals surface area contributed by atoms with E-state index in [4.69, 9.17) is 9.47 Å². The third kappa shape index (κ3) is 3.73. The van der Waals surface area contributed by atoms with Crippen LogP contribution in [0, 0.1) is 5.92 Å². The molecule has 3 heterocycles. The number of hydrogen-bond acceptors (Lipinski definition) is 4. The van der Waals surface area contributed by atoms with E-state index in [0.717, 1.165) is 57.4 Å². The fraction of sp³-hybridized carbons (Fsp3) is 0.650. The van der Waals surface area contributed by atoms with Gasteiger partial charge in [-0.1, -0.05) is 30.3 Å². The average Bonchev–Trinajstić information content (AvgIpc) is 3.37. The van der Waals surface area contributed by atoms with Crippen LogP contribution in [0.1, 0.15) is 37.3 Å². The monoisotopic (exact) mass is 344 g/mol. The number of likely N-dealkylation sites (tertiary alicyclic amines) is 2. The van der Waals surface area contributed by atoms with Crippen molar-refractivity contribution < 1.29 is 14.3 Å². The molecule has 0 radical (unpaired) electrons. The van der Waals surface area contributed by atoms with E-state index in [-0.39, 0.29) is 18.2 Å². The van der Waals surface area contributed by atoms with Crippen molar-refractivity contribution in [1.29, 1.82) is 0 Å². The predicted octanol–water partition coefficient (Wildman–Crippen LogP) is 2.44. The number of rotatable bonds is 4. The number of ether oxygens (including phenoxy) is 2. The molecule has 4 rings (SSSR count). The summed E-state index contributed by atoms with van der Waals surface area (Å²) in [7, 11) is 0. The van der Waals surface area contributed by atoms with Crippen LogP contribution in [-0.2, 0) is 14.3 Å². The summed E-state index contributed by atoms with van der Waals surface area (Å²) < 4.78 is 11.5. The molecule has 2 atom stereocenters. The molecule has 0 aliphatic carbocycles. The second kappa shape index (κ2) is 7.85. The molecule has 5 heteroatoms. The lowest BCUT2D eigenvalue weighted by molar-refractivity contribution is -0.140. The normalized spacial score (nSPS) is 26.9. The third-order valence-corrected chi connectivity index (χ3v) is 5.65. The molecule has 3 aliphatic heterocycles. The first-order valence-corrected chi connectivity index (χ1v) is 9.64. The molecule has 0 N–H and O–H groups in total. The first-order valence-electron chi connectivity index (χ1n) is 9.64. The van der Waals surface area contributed by atoms with Crippen molar-refractivity contribution in [3.05, 3.63) is 35.9 Å². The van der Waals surface area contributed by atoms with Gasteiger partial charge in [0, 0.05) is 25.6 Å². The van der Waals surface area contributed by atoms with Crippen molar-refractivity contribution in [2.45, 2.75) is 38.0 Å². The van der Waals surface area contributed by atoms with Crippen LogP contribution in [0.3, 0.4) is 0 Å². The van der Waals surface area contributed by atoms with Crippen molar-refractivity contribution in [2.24, 2.45) is 5.92 Å². The van der Waals surface area contributed by atoms with Gasteiger partial charge >= 0.3 is 0 Å². The Morgan fingerprint density at radius 1 is 1.00 bits per heavy atom. The van der Waals surface area contributed by atoms with E-state index in [2.05, 4.69) is 17.0 Å². The summed E-state index contributed by atoms with van der Waals surface area (Å²) in [4.78, 5) is 17.7. The summed E-state index contributed by atoms with van der Waals surface area (Å²) in [5.41, 5.74) is 1.10. The van der Waals surface area contributed by atoms with Crippen molar-refractivity contribution >= 4 is 5.91 Å². The molecule has 25 heavy (non-hydrogen) atoms. The van der Waals surface area contributed by atoms with Crippen LogP contribution < -0.4 is 0 Å². The molecule has 0 aromatic heterocycles.